The van der Waals surface area contributed by atoms with Crippen molar-refractivity contribution in [2.45, 2.75) is 77.8 Å². The van der Waals surface area contributed by atoms with Gasteiger partial charge in [-0.1, -0.05) is 13.3 Å². The van der Waals surface area contributed by atoms with Crippen molar-refractivity contribution in [2.75, 3.05) is 6.61 Å². The van der Waals surface area contributed by atoms with Gasteiger partial charge in [-0.3, -0.25) is 4.79 Å². The lowest BCUT2D eigenvalue weighted by molar-refractivity contribution is -0.137. The molecule has 6 nitrogen and oxygen atoms in total. The summed E-state index contributed by atoms with van der Waals surface area (Å²) in [6, 6.07) is 2.84. The topological polar surface area (TPSA) is 60.3 Å². The number of carbonyl (C=O) groups is 1. The van der Waals surface area contributed by atoms with Crippen molar-refractivity contribution < 1.29 is 9.53 Å². The number of fused-ring (bicyclic) bond motifs is 1. The highest BCUT2D eigenvalue weighted by Crippen LogP contribution is 2.36. The van der Waals surface area contributed by atoms with Gasteiger partial charge in [-0.15, -0.1) is 5.10 Å². The molecule has 0 N–H and O–H groups in total. The number of aromatic nitrogens is 3. The summed E-state index contributed by atoms with van der Waals surface area (Å²) >= 11 is 0. The highest BCUT2D eigenvalue weighted by Gasteiger charge is 2.38. The molecule has 2 saturated carbocycles. The van der Waals surface area contributed by atoms with Crippen LogP contribution in [0.2, 0.25) is 0 Å². The molecule has 0 unspecified atom stereocenters. The molecule has 0 aromatic carbocycles. The van der Waals surface area contributed by atoms with Gasteiger partial charge in [0.1, 0.15) is 0 Å². The Kier molecular flexibility index (Phi) is 5.30. The summed E-state index contributed by atoms with van der Waals surface area (Å²) in [4.78, 5) is 19.8. The first-order valence-corrected chi connectivity index (χ1v) is 10.7. The first kappa shape index (κ1) is 19.2. The summed E-state index contributed by atoms with van der Waals surface area (Å²) in [6.45, 7) is 6.35. The van der Waals surface area contributed by atoms with E-state index in [0.717, 1.165) is 53.9 Å². The molecular formula is C22H32N4O2. The van der Waals surface area contributed by atoms with Gasteiger partial charge in [-0.2, -0.15) is 0 Å². The lowest BCUT2D eigenvalue weighted by Crippen LogP contribution is -2.46. The molecule has 2 fully saturated rings. The fourth-order valence-electron chi connectivity index (χ4n) is 4.74. The number of hydrogen-bond donors (Lipinski definition) is 0. The first-order valence-electron chi connectivity index (χ1n) is 10.7. The number of rotatable bonds is 6. The average Bonchev–Trinajstić information content (AvgIpc) is 3.45. The Hall–Kier alpha value is -2.11. The van der Waals surface area contributed by atoms with Crippen LogP contribution in [-0.4, -0.2) is 44.3 Å². The van der Waals surface area contributed by atoms with E-state index >= 15 is 0 Å². The number of carbonyl (C=O) groups excluding carboxylic acids is 1. The molecule has 2 aliphatic rings. The molecule has 0 bridgehead atoms. The summed E-state index contributed by atoms with van der Waals surface area (Å²) < 4.78 is 7.69. The molecule has 0 aliphatic heterocycles. The van der Waals surface area contributed by atoms with Crippen molar-refractivity contribution in [3.63, 3.8) is 0 Å². The Balaban J connectivity index is 1.47. The Morgan fingerprint density at radius 3 is 2.43 bits per heavy atom. The van der Waals surface area contributed by atoms with Gasteiger partial charge >= 0.3 is 0 Å². The van der Waals surface area contributed by atoms with Gasteiger partial charge in [0.05, 0.1) is 5.39 Å². The van der Waals surface area contributed by atoms with Gasteiger partial charge in [-0.25, -0.2) is 9.67 Å². The van der Waals surface area contributed by atoms with Crippen LogP contribution in [0, 0.1) is 19.8 Å². The molecule has 2 aliphatic carbocycles. The Morgan fingerprint density at radius 1 is 1.18 bits per heavy atom. The standard InChI is InChI=1S/C22H32N4O2/c1-5-16-6-8-17(9-7-16)26(18-10-11-18)19(27)13-28-22-20-14(2)12-15(3)23-21(20)25(4)24-22/h12,16-18H,5-11,13H2,1-4H3. The Morgan fingerprint density at radius 2 is 1.82 bits per heavy atom. The second kappa shape index (κ2) is 7.72. The summed E-state index contributed by atoms with van der Waals surface area (Å²) in [6.07, 6.45) is 8.28. The molecule has 2 aromatic rings. The zero-order valence-corrected chi connectivity index (χ0v) is 17.6. The Bertz CT molecular complexity index is 863. The fourth-order valence-corrected chi connectivity index (χ4v) is 4.74. The van der Waals surface area contributed by atoms with Crippen molar-refractivity contribution in [2.24, 2.45) is 13.0 Å². The van der Waals surface area contributed by atoms with Crippen LogP contribution in [-0.2, 0) is 11.8 Å². The minimum absolute atomic E-state index is 0.0592. The summed E-state index contributed by atoms with van der Waals surface area (Å²) in [5, 5.41) is 5.38. The van der Waals surface area contributed by atoms with E-state index in [0.29, 0.717) is 18.0 Å². The lowest BCUT2D eigenvalue weighted by atomic mass is 9.84. The Labute approximate surface area is 167 Å². The SMILES string of the molecule is CCC1CCC(N(C(=O)COc2nn(C)c3nc(C)cc(C)c23)C2CC2)CC1. The molecule has 0 radical (unpaired) electrons. The van der Waals surface area contributed by atoms with E-state index in [9.17, 15) is 4.79 Å². The number of ether oxygens (including phenoxy) is 1. The second-order valence-corrected chi connectivity index (χ2v) is 8.61. The molecule has 6 heteroatoms. The molecule has 2 heterocycles. The maximum atomic E-state index is 13.1. The van der Waals surface area contributed by atoms with Crippen LogP contribution >= 0.6 is 0 Å². The highest BCUT2D eigenvalue weighted by molar-refractivity contribution is 5.86. The molecule has 152 valence electrons. The maximum Gasteiger partial charge on any atom is 0.261 e. The average molecular weight is 385 g/mol. The first-order chi connectivity index (χ1) is 13.5. The molecule has 28 heavy (non-hydrogen) atoms. The predicted molar refractivity (Wildman–Crippen MR) is 109 cm³/mol. The van der Waals surface area contributed by atoms with Gasteiger partial charge in [0.25, 0.3) is 5.91 Å². The van der Waals surface area contributed by atoms with E-state index in [2.05, 4.69) is 21.9 Å². The number of pyridine rings is 1. The van der Waals surface area contributed by atoms with E-state index in [1.807, 2.05) is 27.0 Å². The third-order valence-corrected chi connectivity index (χ3v) is 6.43. The largest absolute Gasteiger partial charge is 0.466 e. The van der Waals surface area contributed by atoms with Gasteiger partial charge in [0, 0.05) is 24.8 Å². The van der Waals surface area contributed by atoms with Crippen LogP contribution in [0.4, 0.5) is 0 Å². The molecule has 0 saturated heterocycles. The summed E-state index contributed by atoms with van der Waals surface area (Å²) in [5.74, 6) is 1.46. The minimum Gasteiger partial charge on any atom is -0.466 e. The molecule has 0 atom stereocenters. The van der Waals surface area contributed by atoms with Gasteiger partial charge < -0.3 is 9.64 Å². The lowest BCUT2D eigenvalue weighted by Gasteiger charge is -2.37. The van der Waals surface area contributed by atoms with Crippen molar-refractivity contribution in [3.05, 3.63) is 17.3 Å². The zero-order valence-electron chi connectivity index (χ0n) is 17.6. The van der Waals surface area contributed by atoms with Crippen molar-refractivity contribution in [1.82, 2.24) is 19.7 Å². The van der Waals surface area contributed by atoms with E-state index in [1.54, 1.807) is 4.68 Å². The summed E-state index contributed by atoms with van der Waals surface area (Å²) in [5.41, 5.74) is 2.84. The fraction of sp³-hybridized carbons (Fsp3) is 0.682. The monoisotopic (exact) mass is 384 g/mol. The van der Waals surface area contributed by atoms with Crippen molar-refractivity contribution in [3.8, 4) is 5.88 Å². The number of aryl methyl sites for hydroxylation is 3. The zero-order chi connectivity index (χ0) is 19.8. The molecule has 2 aromatic heterocycles. The van der Waals surface area contributed by atoms with Crippen LogP contribution in [0.25, 0.3) is 11.0 Å². The van der Waals surface area contributed by atoms with Crippen LogP contribution in [0.5, 0.6) is 5.88 Å². The maximum absolute atomic E-state index is 13.1. The quantitative estimate of drug-likeness (QED) is 0.757. The van der Waals surface area contributed by atoms with Crippen LogP contribution < -0.4 is 4.74 Å². The van der Waals surface area contributed by atoms with Crippen LogP contribution in [0.3, 0.4) is 0 Å². The van der Waals surface area contributed by atoms with Crippen molar-refractivity contribution >= 4 is 16.9 Å². The highest BCUT2D eigenvalue weighted by atomic mass is 16.5. The van der Waals surface area contributed by atoms with E-state index < -0.39 is 0 Å². The smallest absolute Gasteiger partial charge is 0.261 e. The van der Waals surface area contributed by atoms with E-state index in [4.69, 9.17) is 4.74 Å². The van der Waals surface area contributed by atoms with Crippen LogP contribution in [0.15, 0.2) is 6.07 Å². The van der Waals surface area contributed by atoms with Gasteiger partial charge in [-0.05, 0) is 69.9 Å². The minimum atomic E-state index is 0.0592. The third-order valence-electron chi connectivity index (χ3n) is 6.43. The normalized spacial score (nSPS) is 22.4. The molecule has 4 rings (SSSR count). The van der Waals surface area contributed by atoms with Crippen molar-refractivity contribution in [1.29, 1.82) is 0 Å². The predicted octanol–water partition coefficient (Wildman–Crippen LogP) is 3.92. The van der Waals surface area contributed by atoms with Crippen LogP contribution in [0.1, 0.15) is 63.1 Å². The number of nitrogens with zero attached hydrogens (tertiary/aromatic N) is 4. The van der Waals surface area contributed by atoms with Gasteiger partial charge in [0.2, 0.25) is 5.88 Å². The summed E-state index contributed by atoms with van der Waals surface area (Å²) in [7, 11) is 1.87. The number of amides is 1. The second-order valence-electron chi connectivity index (χ2n) is 8.61. The van der Waals surface area contributed by atoms with E-state index in [-0.39, 0.29) is 12.5 Å². The molecular weight excluding hydrogens is 352 g/mol. The van der Waals surface area contributed by atoms with Gasteiger partial charge in [0.15, 0.2) is 12.3 Å². The molecule has 1 amide bonds. The molecule has 0 spiro atoms. The van der Waals surface area contributed by atoms with E-state index in [1.165, 1.54) is 19.3 Å². The third kappa shape index (κ3) is 3.74. The number of hydrogen-bond acceptors (Lipinski definition) is 4.